The van der Waals surface area contributed by atoms with Crippen molar-refractivity contribution in [3.63, 3.8) is 0 Å². The van der Waals surface area contributed by atoms with Crippen LogP contribution in [0.5, 0.6) is 0 Å². The summed E-state index contributed by atoms with van der Waals surface area (Å²) in [7, 11) is 0. The van der Waals surface area contributed by atoms with E-state index in [-0.39, 0.29) is 48.2 Å². The van der Waals surface area contributed by atoms with Crippen LogP contribution in [-0.2, 0) is 9.53 Å². The van der Waals surface area contributed by atoms with E-state index in [2.05, 4.69) is 45.1 Å². The first-order chi connectivity index (χ1) is 17.0. The third-order valence-electron chi connectivity index (χ3n) is 6.74. The second kappa shape index (κ2) is 9.61. The highest BCUT2D eigenvalue weighted by Gasteiger charge is 2.31. The molecule has 3 aromatic rings. The van der Waals surface area contributed by atoms with Gasteiger partial charge < -0.3 is 15.2 Å². The predicted molar refractivity (Wildman–Crippen MR) is 128 cm³/mol. The number of amides is 2. The number of carboxylic acid groups (broad SMARTS) is 1. The van der Waals surface area contributed by atoms with Gasteiger partial charge in [-0.2, -0.15) is 5.10 Å². The number of hydrogen-bond acceptors (Lipinski definition) is 5. The predicted octanol–water partition coefficient (Wildman–Crippen LogP) is 4.00. The highest BCUT2D eigenvalue weighted by molar-refractivity contribution is 5.94. The number of carbonyl (C=O) groups is 3. The first kappa shape index (κ1) is 22.6. The van der Waals surface area contributed by atoms with Gasteiger partial charge in [0.2, 0.25) is 0 Å². The van der Waals surface area contributed by atoms with Crippen LogP contribution in [0.25, 0.3) is 11.1 Å². The normalized spacial score (nSPS) is 18.2. The molecule has 2 aromatic carbocycles. The number of hydrogen-bond donors (Lipinski definition) is 4. The van der Waals surface area contributed by atoms with Crippen LogP contribution in [0.3, 0.4) is 0 Å². The Morgan fingerprint density at radius 3 is 2.31 bits per heavy atom. The lowest BCUT2D eigenvalue weighted by molar-refractivity contribution is -0.139. The zero-order valence-corrected chi connectivity index (χ0v) is 19.0. The summed E-state index contributed by atoms with van der Waals surface area (Å²) < 4.78 is 5.51. The number of carboxylic acids is 1. The molecule has 0 aliphatic heterocycles. The number of nitrogens with one attached hydrogen (secondary N) is 3. The van der Waals surface area contributed by atoms with Crippen molar-refractivity contribution in [2.75, 3.05) is 18.5 Å². The van der Waals surface area contributed by atoms with Crippen molar-refractivity contribution in [1.82, 2.24) is 15.5 Å². The van der Waals surface area contributed by atoms with Gasteiger partial charge in [-0.1, -0.05) is 48.5 Å². The molecule has 2 aliphatic rings. The molecule has 1 fully saturated rings. The molecule has 0 bridgehead atoms. The fourth-order valence-corrected chi connectivity index (χ4v) is 5.03. The Morgan fingerprint density at radius 1 is 1.00 bits per heavy atom. The summed E-state index contributed by atoms with van der Waals surface area (Å²) in [6.45, 7) is 0.658. The van der Waals surface area contributed by atoms with Gasteiger partial charge in [-0.05, 0) is 46.9 Å². The molecule has 1 saturated carbocycles. The third kappa shape index (κ3) is 4.89. The Bertz CT molecular complexity index is 1220. The van der Waals surface area contributed by atoms with Gasteiger partial charge in [0.05, 0.1) is 0 Å². The third-order valence-corrected chi connectivity index (χ3v) is 6.74. The minimum Gasteiger partial charge on any atom is -0.481 e. The van der Waals surface area contributed by atoms with Gasteiger partial charge in [-0.15, -0.1) is 0 Å². The van der Waals surface area contributed by atoms with Gasteiger partial charge in [-0.3, -0.25) is 20.0 Å². The number of benzene rings is 2. The first-order valence-electron chi connectivity index (χ1n) is 11.7. The van der Waals surface area contributed by atoms with E-state index >= 15 is 0 Å². The Balaban J connectivity index is 1.11. The number of carbonyl (C=O) groups excluding carboxylic acids is 2. The van der Waals surface area contributed by atoms with E-state index in [1.165, 1.54) is 6.07 Å². The fourth-order valence-electron chi connectivity index (χ4n) is 5.03. The topological polar surface area (TPSA) is 133 Å². The van der Waals surface area contributed by atoms with E-state index < -0.39 is 12.1 Å². The van der Waals surface area contributed by atoms with Crippen LogP contribution in [0.1, 0.15) is 46.8 Å². The summed E-state index contributed by atoms with van der Waals surface area (Å²) in [6, 6.07) is 17.7. The van der Waals surface area contributed by atoms with Crippen molar-refractivity contribution in [2.45, 2.75) is 25.2 Å². The maximum absolute atomic E-state index is 12.4. The van der Waals surface area contributed by atoms with E-state index in [1.54, 1.807) is 0 Å². The van der Waals surface area contributed by atoms with Gasteiger partial charge in [0.1, 0.15) is 12.3 Å². The van der Waals surface area contributed by atoms with Crippen LogP contribution >= 0.6 is 0 Å². The zero-order valence-electron chi connectivity index (χ0n) is 19.0. The molecule has 0 spiro atoms. The summed E-state index contributed by atoms with van der Waals surface area (Å²) in [5.74, 6) is -0.502. The summed E-state index contributed by atoms with van der Waals surface area (Å²) >= 11 is 0. The number of fused-ring (bicyclic) bond motifs is 3. The van der Waals surface area contributed by atoms with E-state index in [9.17, 15) is 14.4 Å². The van der Waals surface area contributed by atoms with Gasteiger partial charge in [0.25, 0.3) is 5.91 Å². The molecule has 0 atom stereocenters. The molecule has 2 amide bonds. The molecule has 5 rings (SSSR count). The molecule has 2 aliphatic carbocycles. The number of rotatable bonds is 8. The Morgan fingerprint density at radius 2 is 1.66 bits per heavy atom. The molecule has 1 aromatic heterocycles. The van der Waals surface area contributed by atoms with Crippen LogP contribution in [0.4, 0.5) is 10.6 Å². The van der Waals surface area contributed by atoms with Crippen molar-refractivity contribution in [3.05, 3.63) is 71.4 Å². The minimum atomic E-state index is -0.786. The van der Waals surface area contributed by atoms with Crippen LogP contribution in [0.2, 0.25) is 0 Å². The van der Waals surface area contributed by atoms with Crippen molar-refractivity contribution in [3.8, 4) is 11.1 Å². The van der Waals surface area contributed by atoms with Crippen molar-refractivity contribution >= 4 is 23.8 Å². The highest BCUT2D eigenvalue weighted by Crippen LogP contribution is 2.44. The van der Waals surface area contributed by atoms with Gasteiger partial charge in [0, 0.05) is 24.9 Å². The second-order valence-corrected chi connectivity index (χ2v) is 9.13. The number of aliphatic carboxylic acids is 1. The standard InChI is InChI=1S/C26H26N4O5/c31-24(32)11-15-9-16(10-15)13-27-25(33)22-12-23(30-29-22)28-26(34)35-14-21-19-7-3-1-5-17(19)18-6-2-4-8-20(18)21/h1-8,12,15-16,21H,9-11,13-14H2,(H,27,33)(H,31,32)(H2,28,29,30,34). The number of aromatic amines is 1. The zero-order chi connectivity index (χ0) is 24.4. The first-order valence-corrected chi connectivity index (χ1v) is 11.7. The molecule has 9 heteroatoms. The molecule has 0 saturated heterocycles. The average molecular weight is 475 g/mol. The van der Waals surface area contributed by atoms with Gasteiger partial charge >= 0.3 is 12.1 Å². The maximum Gasteiger partial charge on any atom is 0.412 e. The minimum absolute atomic E-state index is 0.0460. The highest BCUT2D eigenvalue weighted by atomic mass is 16.5. The van der Waals surface area contributed by atoms with E-state index in [0.717, 1.165) is 35.1 Å². The lowest BCUT2D eigenvalue weighted by Crippen LogP contribution is -2.36. The smallest absolute Gasteiger partial charge is 0.412 e. The van der Waals surface area contributed by atoms with Crippen molar-refractivity contribution in [2.24, 2.45) is 11.8 Å². The van der Waals surface area contributed by atoms with Gasteiger partial charge in [0.15, 0.2) is 5.82 Å². The van der Waals surface area contributed by atoms with E-state index in [1.807, 2.05) is 24.3 Å². The molecule has 9 nitrogen and oxygen atoms in total. The Kier molecular flexibility index (Phi) is 6.22. The summed E-state index contributed by atoms with van der Waals surface area (Å²) in [5, 5.41) is 20.8. The van der Waals surface area contributed by atoms with Gasteiger partial charge in [-0.25, -0.2) is 4.79 Å². The average Bonchev–Trinajstić information content (AvgIpc) is 3.41. The Hall–Kier alpha value is -4.14. The number of anilines is 1. The number of aromatic nitrogens is 2. The molecule has 35 heavy (non-hydrogen) atoms. The molecule has 180 valence electrons. The second-order valence-electron chi connectivity index (χ2n) is 9.13. The van der Waals surface area contributed by atoms with E-state index in [4.69, 9.17) is 9.84 Å². The SMILES string of the molecule is O=C(O)CC1CC(CNC(=O)c2cc(NC(=O)OCC3c4ccccc4-c4ccccc43)n[nH]2)C1. The largest absolute Gasteiger partial charge is 0.481 e. The van der Waals surface area contributed by atoms with Crippen LogP contribution < -0.4 is 10.6 Å². The molecular formula is C26H26N4O5. The lowest BCUT2D eigenvalue weighted by Gasteiger charge is -2.34. The number of ether oxygens (including phenoxy) is 1. The van der Waals surface area contributed by atoms with E-state index in [0.29, 0.717) is 6.54 Å². The Labute approximate surface area is 201 Å². The van der Waals surface area contributed by atoms with Crippen molar-refractivity contribution in [1.29, 1.82) is 0 Å². The molecule has 1 heterocycles. The summed E-state index contributed by atoms with van der Waals surface area (Å²) in [4.78, 5) is 35.5. The molecule has 0 radical (unpaired) electrons. The summed E-state index contributed by atoms with van der Waals surface area (Å²) in [6.07, 6.45) is 1.12. The summed E-state index contributed by atoms with van der Waals surface area (Å²) in [5.41, 5.74) is 4.78. The van der Waals surface area contributed by atoms with Crippen molar-refractivity contribution < 1.29 is 24.2 Å². The molecular weight excluding hydrogens is 448 g/mol. The van der Waals surface area contributed by atoms with Crippen LogP contribution in [-0.4, -0.2) is 46.4 Å². The molecule has 4 N–H and O–H groups in total. The number of nitrogens with zero attached hydrogens (tertiary/aromatic N) is 1. The number of H-pyrrole nitrogens is 1. The lowest BCUT2D eigenvalue weighted by atomic mass is 9.73. The van der Waals surface area contributed by atoms with Crippen LogP contribution in [0, 0.1) is 11.8 Å². The maximum atomic E-state index is 12.4. The quantitative estimate of drug-likeness (QED) is 0.390. The molecule has 0 unspecified atom stereocenters. The monoisotopic (exact) mass is 474 g/mol. The van der Waals surface area contributed by atoms with Crippen LogP contribution in [0.15, 0.2) is 54.6 Å². The fraction of sp³-hybridized carbons (Fsp3) is 0.308.